The van der Waals surface area contributed by atoms with Crippen molar-refractivity contribution in [3.05, 3.63) is 0 Å². The van der Waals surface area contributed by atoms with Crippen molar-refractivity contribution < 1.29 is 0 Å². The molecule has 1 heterocycles. The van der Waals surface area contributed by atoms with Crippen molar-refractivity contribution in [2.45, 2.75) is 95.0 Å². The fourth-order valence-corrected chi connectivity index (χ4v) is 4.73. The fraction of sp³-hybridized carbons (Fsp3) is 1.00. The van der Waals surface area contributed by atoms with E-state index in [9.17, 15) is 0 Å². The van der Waals surface area contributed by atoms with E-state index in [0.717, 1.165) is 0 Å². The highest BCUT2D eigenvalue weighted by molar-refractivity contribution is 8.93. The Balaban J connectivity index is 1.92. The second-order valence-electron chi connectivity index (χ2n) is 5.41. The molecule has 1 aliphatic rings. The molecule has 0 nitrogen and oxygen atoms in total. The molecule has 0 N–H and O–H groups in total. The third kappa shape index (κ3) is 7.66. The van der Waals surface area contributed by atoms with Crippen LogP contribution in [0.4, 0.5) is 0 Å². The summed E-state index contributed by atoms with van der Waals surface area (Å²) in [5, 5.41) is 0. The van der Waals surface area contributed by atoms with Gasteiger partial charge in [-0.3, -0.25) is 0 Å². The molecule has 1 rings (SSSR count). The van der Waals surface area contributed by atoms with Crippen LogP contribution in [0.2, 0.25) is 0 Å². The molecule has 17 heavy (non-hydrogen) atoms. The van der Waals surface area contributed by atoms with Crippen LogP contribution < -0.4 is 0 Å². The van der Waals surface area contributed by atoms with Crippen LogP contribution in [0.5, 0.6) is 0 Å². The van der Waals surface area contributed by atoms with Crippen molar-refractivity contribution in [1.82, 2.24) is 0 Å². The first-order valence-electron chi connectivity index (χ1n) is 7.70. The summed E-state index contributed by atoms with van der Waals surface area (Å²) in [4.78, 5) is 0. The van der Waals surface area contributed by atoms with E-state index in [1.54, 1.807) is 0 Å². The standard InChI is InChI=1S/C15H30S2/c1-3-5-7-9-11-13-15(16-17-15)14-12-10-8-6-4-2/h3-14H2,1-2H3. The molecule has 0 aromatic carbocycles. The van der Waals surface area contributed by atoms with Gasteiger partial charge in [0.1, 0.15) is 0 Å². The van der Waals surface area contributed by atoms with Crippen molar-refractivity contribution in [2.24, 2.45) is 0 Å². The summed E-state index contributed by atoms with van der Waals surface area (Å²) in [5.41, 5.74) is 0. The summed E-state index contributed by atoms with van der Waals surface area (Å²) in [6, 6.07) is 0. The van der Waals surface area contributed by atoms with Crippen LogP contribution in [0.1, 0.15) is 90.9 Å². The Morgan fingerprint density at radius 2 is 1.00 bits per heavy atom. The lowest BCUT2D eigenvalue weighted by Crippen LogP contribution is -2.04. The molecule has 0 spiro atoms. The van der Waals surface area contributed by atoms with Crippen molar-refractivity contribution in [2.75, 3.05) is 0 Å². The molecule has 0 aromatic rings. The van der Waals surface area contributed by atoms with Gasteiger partial charge in [-0.25, -0.2) is 0 Å². The molecule has 102 valence electrons. The monoisotopic (exact) mass is 274 g/mol. The van der Waals surface area contributed by atoms with Crippen molar-refractivity contribution in [1.29, 1.82) is 0 Å². The first kappa shape index (κ1) is 15.8. The van der Waals surface area contributed by atoms with E-state index in [2.05, 4.69) is 35.4 Å². The minimum Gasteiger partial charge on any atom is -0.0739 e. The van der Waals surface area contributed by atoms with Gasteiger partial charge in [0.2, 0.25) is 0 Å². The maximum atomic E-state index is 2.30. The maximum Gasteiger partial charge on any atom is 0.0818 e. The van der Waals surface area contributed by atoms with Gasteiger partial charge in [0, 0.05) is 0 Å². The van der Waals surface area contributed by atoms with Crippen molar-refractivity contribution in [3.8, 4) is 0 Å². The van der Waals surface area contributed by atoms with Gasteiger partial charge < -0.3 is 0 Å². The molecule has 0 unspecified atom stereocenters. The highest BCUT2D eigenvalue weighted by atomic mass is 33.2. The van der Waals surface area contributed by atoms with Crippen LogP contribution >= 0.6 is 21.6 Å². The summed E-state index contributed by atoms with van der Waals surface area (Å²) >= 11 is 0. The zero-order valence-electron chi connectivity index (χ0n) is 11.8. The van der Waals surface area contributed by atoms with Gasteiger partial charge in [0.05, 0.1) is 4.08 Å². The minimum atomic E-state index is 0.679. The molecule has 0 bridgehead atoms. The van der Waals surface area contributed by atoms with Gasteiger partial charge in [0.15, 0.2) is 0 Å². The Kier molecular flexibility index (Phi) is 8.90. The second-order valence-corrected chi connectivity index (χ2v) is 8.56. The highest BCUT2D eigenvalue weighted by Gasteiger charge is 2.44. The van der Waals surface area contributed by atoms with E-state index in [-0.39, 0.29) is 0 Å². The molecule has 0 atom stereocenters. The summed E-state index contributed by atoms with van der Waals surface area (Å²) in [6.45, 7) is 4.59. The third-order valence-electron chi connectivity index (χ3n) is 3.64. The molecule has 1 aliphatic heterocycles. The number of hydrogen-bond donors (Lipinski definition) is 0. The first-order valence-corrected chi connectivity index (χ1v) is 9.85. The lowest BCUT2D eigenvalue weighted by atomic mass is 10.0. The van der Waals surface area contributed by atoms with E-state index in [1.165, 1.54) is 77.0 Å². The average Bonchev–Trinajstić information content (AvgIpc) is 3.09. The van der Waals surface area contributed by atoms with Crippen LogP contribution in [-0.2, 0) is 0 Å². The predicted octanol–water partition coefficient (Wildman–Crippen LogP) is 6.80. The average molecular weight is 275 g/mol. The van der Waals surface area contributed by atoms with E-state index in [0.29, 0.717) is 4.08 Å². The van der Waals surface area contributed by atoms with E-state index in [1.807, 2.05) is 0 Å². The second kappa shape index (κ2) is 9.61. The summed E-state index contributed by atoms with van der Waals surface area (Å²) < 4.78 is 0.679. The number of unbranched alkanes of at least 4 members (excludes halogenated alkanes) is 8. The van der Waals surface area contributed by atoms with Crippen LogP contribution in [0, 0.1) is 0 Å². The Bertz CT molecular complexity index is 160. The summed E-state index contributed by atoms with van der Waals surface area (Å²) in [5.74, 6) is 0. The molecule has 1 fully saturated rings. The Hall–Kier alpha value is 0.700. The van der Waals surface area contributed by atoms with Gasteiger partial charge in [0.25, 0.3) is 0 Å². The largest absolute Gasteiger partial charge is 0.0818 e. The van der Waals surface area contributed by atoms with E-state index < -0.39 is 0 Å². The smallest absolute Gasteiger partial charge is 0.0739 e. The predicted molar refractivity (Wildman–Crippen MR) is 84.7 cm³/mol. The minimum absolute atomic E-state index is 0.679. The van der Waals surface area contributed by atoms with Crippen LogP contribution in [0.15, 0.2) is 0 Å². The quantitative estimate of drug-likeness (QED) is 0.218. The lowest BCUT2D eigenvalue weighted by molar-refractivity contribution is 0.540. The molecular weight excluding hydrogens is 244 g/mol. The molecule has 0 radical (unpaired) electrons. The Morgan fingerprint density at radius 1 is 0.588 bits per heavy atom. The van der Waals surface area contributed by atoms with Gasteiger partial charge in [-0.05, 0) is 12.8 Å². The molecule has 0 saturated carbocycles. The van der Waals surface area contributed by atoms with Crippen molar-refractivity contribution >= 4 is 21.6 Å². The zero-order chi connectivity index (χ0) is 12.4. The topological polar surface area (TPSA) is 0 Å². The van der Waals surface area contributed by atoms with Gasteiger partial charge in [-0.15, -0.1) is 0 Å². The zero-order valence-corrected chi connectivity index (χ0v) is 13.4. The van der Waals surface area contributed by atoms with Gasteiger partial charge in [-0.2, -0.15) is 0 Å². The number of hydrogen-bond acceptors (Lipinski definition) is 2. The van der Waals surface area contributed by atoms with E-state index in [4.69, 9.17) is 0 Å². The number of rotatable bonds is 12. The van der Waals surface area contributed by atoms with Crippen LogP contribution in [0.3, 0.4) is 0 Å². The van der Waals surface area contributed by atoms with Crippen LogP contribution in [-0.4, -0.2) is 4.08 Å². The Morgan fingerprint density at radius 3 is 1.35 bits per heavy atom. The highest BCUT2D eigenvalue weighted by Crippen LogP contribution is 2.69. The molecule has 2 heteroatoms. The molecule has 1 saturated heterocycles. The third-order valence-corrected chi connectivity index (χ3v) is 7.01. The molecular formula is C15H30S2. The molecule has 0 amide bonds. The lowest BCUT2D eigenvalue weighted by Gasteiger charge is -2.11. The summed E-state index contributed by atoms with van der Waals surface area (Å²) in [7, 11) is 4.32. The van der Waals surface area contributed by atoms with E-state index >= 15 is 0 Å². The van der Waals surface area contributed by atoms with Crippen LogP contribution in [0.25, 0.3) is 0 Å². The molecule has 0 aromatic heterocycles. The van der Waals surface area contributed by atoms with Gasteiger partial charge >= 0.3 is 0 Å². The van der Waals surface area contributed by atoms with Gasteiger partial charge in [-0.1, -0.05) is 99.6 Å². The van der Waals surface area contributed by atoms with Crippen molar-refractivity contribution in [3.63, 3.8) is 0 Å². The Labute approximate surface area is 116 Å². The summed E-state index contributed by atoms with van der Waals surface area (Å²) in [6.07, 6.45) is 17.3. The fourth-order valence-electron chi connectivity index (χ4n) is 2.35. The first-order chi connectivity index (χ1) is 8.33. The maximum absolute atomic E-state index is 2.30. The molecule has 0 aliphatic carbocycles. The normalized spacial score (nSPS) is 17.3. The SMILES string of the molecule is CCCCCCCC1(CCCCCCC)SS1.